The lowest BCUT2D eigenvalue weighted by atomic mass is 9.96. The third-order valence-electron chi connectivity index (χ3n) is 5.62. The lowest BCUT2D eigenvalue weighted by Crippen LogP contribution is -2.17. The summed E-state index contributed by atoms with van der Waals surface area (Å²) in [6.45, 7) is 4.05. The molecule has 0 atom stereocenters. The molecule has 0 radical (unpaired) electrons. The molecular weight excluding hydrogens is 540 g/mol. The maximum atomic E-state index is 12.9. The summed E-state index contributed by atoms with van der Waals surface area (Å²) in [5.41, 5.74) is 1.55. The first-order chi connectivity index (χ1) is 16.4. The van der Waals surface area contributed by atoms with Crippen molar-refractivity contribution >= 4 is 55.9 Å². The molecule has 3 aromatic rings. The molecule has 1 aliphatic rings. The zero-order valence-electron chi connectivity index (χ0n) is 19.4. The lowest BCUT2D eigenvalue weighted by Gasteiger charge is -2.12. The van der Waals surface area contributed by atoms with E-state index in [1.165, 1.54) is 41.5 Å². The monoisotopic (exact) mass is 566 g/mol. The summed E-state index contributed by atoms with van der Waals surface area (Å²) in [5, 5.41) is 12.7. The summed E-state index contributed by atoms with van der Waals surface area (Å²) in [6, 6.07) is 3.70. The highest BCUT2D eigenvalue weighted by Crippen LogP contribution is 2.38. The number of halogens is 1. The van der Waals surface area contributed by atoms with E-state index >= 15 is 0 Å². The quantitative estimate of drug-likeness (QED) is 0.271. The minimum Gasteiger partial charge on any atom is -0.465 e. The number of furan rings is 1. The van der Waals surface area contributed by atoms with Gasteiger partial charge in [-0.15, -0.1) is 21.5 Å². The Morgan fingerprint density at radius 1 is 1.24 bits per heavy atom. The number of hydrogen-bond donors (Lipinski definition) is 1. The molecule has 11 heteroatoms. The van der Waals surface area contributed by atoms with Gasteiger partial charge in [-0.1, -0.05) is 24.6 Å². The highest BCUT2D eigenvalue weighted by atomic mass is 79.9. The smallest absolute Gasteiger partial charge is 0.341 e. The van der Waals surface area contributed by atoms with E-state index in [4.69, 9.17) is 9.15 Å². The first-order valence-corrected chi connectivity index (χ1v) is 13.8. The number of thiophene rings is 1. The van der Waals surface area contributed by atoms with Gasteiger partial charge >= 0.3 is 5.97 Å². The number of anilines is 1. The molecule has 1 N–H and O–H groups in total. The number of thioether (sulfide) groups is 1. The van der Waals surface area contributed by atoms with Crippen LogP contribution < -0.4 is 5.32 Å². The minimum atomic E-state index is -0.394. The molecule has 4 rings (SSSR count). The van der Waals surface area contributed by atoms with Gasteiger partial charge < -0.3 is 14.5 Å². The fourth-order valence-electron chi connectivity index (χ4n) is 4.06. The number of nitrogens with zero attached hydrogens (tertiary/aromatic N) is 3. The average molecular weight is 568 g/mol. The second-order valence-electron chi connectivity index (χ2n) is 8.32. The van der Waals surface area contributed by atoms with Gasteiger partial charge in [-0.2, -0.15) is 0 Å². The summed E-state index contributed by atoms with van der Waals surface area (Å²) < 4.78 is 13.3. The van der Waals surface area contributed by atoms with Crippen molar-refractivity contribution in [3.63, 3.8) is 0 Å². The van der Waals surface area contributed by atoms with Gasteiger partial charge in [0, 0.05) is 10.9 Å². The fourth-order valence-corrected chi connectivity index (χ4v) is 6.53. The Bertz CT molecular complexity index is 1180. The SMILES string of the molecule is COC(=O)c1c(NC(=O)CSc2nnc(-c3ccc(Br)o3)n2C(C)C)sc2c1CCCCCC2. The van der Waals surface area contributed by atoms with E-state index in [9.17, 15) is 9.59 Å². The number of hydrogen-bond acceptors (Lipinski definition) is 8. The molecule has 182 valence electrons. The first kappa shape index (κ1) is 25.0. The van der Waals surface area contributed by atoms with Crippen molar-refractivity contribution < 1.29 is 18.7 Å². The van der Waals surface area contributed by atoms with E-state index in [0.717, 1.165) is 37.7 Å². The van der Waals surface area contributed by atoms with Crippen molar-refractivity contribution in [2.75, 3.05) is 18.2 Å². The zero-order chi connectivity index (χ0) is 24.2. The molecule has 1 amide bonds. The molecule has 0 saturated carbocycles. The molecule has 0 aliphatic heterocycles. The second kappa shape index (κ2) is 11.1. The van der Waals surface area contributed by atoms with Gasteiger partial charge in [-0.05, 0) is 73.2 Å². The van der Waals surface area contributed by atoms with Gasteiger partial charge in [0.2, 0.25) is 11.7 Å². The standard InChI is InChI=1S/C23H27BrN4O4S2/c1-13(2)28-20(15-10-11-17(24)32-15)26-27-23(28)33-12-18(29)25-21-19(22(30)31-3)14-8-6-4-5-7-9-16(14)34-21/h10-11,13H,4-9,12H2,1-3H3,(H,25,29). The third-order valence-corrected chi connectivity index (χ3v) is 8.20. The number of fused-ring (bicyclic) bond motifs is 1. The van der Waals surface area contributed by atoms with Gasteiger partial charge in [-0.3, -0.25) is 9.36 Å². The summed E-state index contributed by atoms with van der Waals surface area (Å²) in [4.78, 5) is 26.7. The van der Waals surface area contributed by atoms with Gasteiger partial charge in [0.1, 0.15) is 5.00 Å². The molecule has 8 nitrogen and oxygen atoms in total. The Hall–Kier alpha value is -2.11. The lowest BCUT2D eigenvalue weighted by molar-refractivity contribution is -0.113. The van der Waals surface area contributed by atoms with Crippen LogP contribution >= 0.6 is 39.0 Å². The van der Waals surface area contributed by atoms with Crippen LogP contribution in [0.15, 0.2) is 26.4 Å². The van der Waals surface area contributed by atoms with E-state index < -0.39 is 5.97 Å². The van der Waals surface area contributed by atoms with Crippen LogP contribution in [0, 0.1) is 0 Å². The number of rotatable bonds is 7. The Labute approximate surface area is 215 Å². The van der Waals surface area contributed by atoms with Gasteiger partial charge in [0.15, 0.2) is 15.6 Å². The number of carbonyl (C=O) groups is 2. The summed E-state index contributed by atoms with van der Waals surface area (Å²) >= 11 is 6.11. The third kappa shape index (κ3) is 5.41. The first-order valence-electron chi connectivity index (χ1n) is 11.2. The zero-order valence-corrected chi connectivity index (χ0v) is 22.6. The molecule has 0 spiro atoms. The van der Waals surface area contributed by atoms with Crippen LogP contribution in [-0.2, 0) is 22.4 Å². The topological polar surface area (TPSA) is 99.2 Å². The Morgan fingerprint density at radius 2 is 2.00 bits per heavy atom. The molecule has 0 bridgehead atoms. The summed E-state index contributed by atoms with van der Waals surface area (Å²) in [7, 11) is 1.38. The van der Waals surface area contributed by atoms with E-state index in [1.807, 2.05) is 24.5 Å². The van der Waals surface area contributed by atoms with Gasteiger partial charge in [0.25, 0.3) is 0 Å². The van der Waals surface area contributed by atoms with Crippen molar-refractivity contribution in [1.82, 2.24) is 14.8 Å². The maximum absolute atomic E-state index is 12.9. The van der Waals surface area contributed by atoms with Crippen LogP contribution in [0.2, 0.25) is 0 Å². The van der Waals surface area contributed by atoms with Crippen molar-refractivity contribution in [3.05, 3.63) is 32.8 Å². The summed E-state index contributed by atoms with van der Waals surface area (Å²) in [6.07, 6.45) is 6.24. The molecule has 0 saturated heterocycles. The Kier molecular flexibility index (Phi) is 8.15. The highest BCUT2D eigenvalue weighted by molar-refractivity contribution is 9.10. The number of aryl methyl sites for hydroxylation is 1. The molecule has 3 heterocycles. The number of methoxy groups -OCH3 is 1. The largest absolute Gasteiger partial charge is 0.465 e. The summed E-state index contributed by atoms with van der Waals surface area (Å²) in [5.74, 6) is 0.744. The van der Waals surface area contributed by atoms with E-state index in [0.29, 0.717) is 32.0 Å². The average Bonchev–Trinajstić information content (AvgIpc) is 3.49. The van der Waals surface area contributed by atoms with Crippen LogP contribution in [0.3, 0.4) is 0 Å². The molecule has 0 aromatic carbocycles. The van der Waals surface area contributed by atoms with Crippen molar-refractivity contribution in [2.45, 2.75) is 63.6 Å². The molecule has 1 aliphatic carbocycles. The fraction of sp³-hybridized carbons (Fsp3) is 0.478. The number of ether oxygens (including phenoxy) is 1. The van der Waals surface area contributed by atoms with Crippen LogP contribution in [0.4, 0.5) is 5.00 Å². The van der Waals surface area contributed by atoms with Crippen LogP contribution in [0.25, 0.3) is 11.6 Å². The predicted molar refractivity (Wildman–Crippen MR) is 137 cm³/mol. The van der Waals surface area contributed by atoms with Gasteiger partial charge in [-0.25, -0.2) is 4.79 Å². The number of esters is 1. The minimum absolute atomic E-state index is 0.0715. The highest BCUT2D eigenvalue weighted by Gasteiger charge is 2.26. The number of carbonyl (C=O) groups excluding carboxylic acids is 2. The molecular formula is C23H27BrN4O4S2. The molecule has 34 heavy (non-hydrogen) atoms. The molecule has 3 aromatic heterocycles. The number of nitrogens with one attached hydrogen (secondary N) is 1. The van der Waals surface area contributed by atoms with E-state index in [-0.39, 0.29) is 17.7 Å². The second-order valence-corrected chi connectivity index (χ2v) is 11.2. The maximum Gasteiger partial charge on any atom is 0.341 e. The van der Waals surface area contributed by atoms with Crippen LogP contribution in [-0.4, -0.2) is 39.5 Å². The Morgan fingerprint density at radius 3 is 2.68 bits per heavy atom. The van der Waals surface area contributed by atoms with Crippen molar-refractivity contribution in [1.29, 1.82) is 0 Å². The van der Waals surface area contributed by atoms with Crippen LogP contribution in [0.1, 0.15) is 66.4 Å². The molecule has 0 fully saturated rings. The number of amides is 1. The van der Waals surface area contributed by atoms with Crippen molar-refractivity contribution in [2.24, 2.45) is 0 Å². The van der Waals surface area contributed by atoms with E-state index in [2.05, 4.69) is 31.4 Å². The predicted octanol–water partition coefficient (Wildman–Crippen LogP) is 6.12. The Balaban J connectivity index is 1.51. The van der Waals surface area contributed by atoms with Gasteiger partial charge in [0.05, 0.1) is 18.4 Å². The normalized spacial score (nSPS) is 13.9. The molecule has 0 unspecified atom stereocenters. The van der Waals surface area contributed by atoms with Crippen molar-refractivity contribution in [3.8, 4) is 11.6 Å². The van der Waals surface area contributed by atoms with Crippen LogP contribution in [0.5, 0.6) is 0 Å². The van der Waals surface area contributed by atoms with E-state index in [1.54, 1.807) is 6.07 Å². The number of aromatic nitrogens is 3.